The molecule has 0 saturated heterocycles. The first-order chi connectivity index (χ1) is 4.89. The Labute approximate surface area is 74.3 Å². The summed E-state index contributed by atoms with van der Waals surface area (Å²) in [6, 6.07) is 0. The quantitative estimate of drug-likeness (QED) is 0.673. The number of halogens is 4. The van der Waals surface area contributed by atoms with Crippen molar-refractivity contribution in [3.8, 4) is 0 Å². The molecule has 0 aromatic carbocycles. The van der Waals surface area contributed by atoms with Crippen LogP contribution in [0.4, 0.5) is 13.2 Å². The minimum Gasteiger partial charge on any atom is -0.380 e. The molecule has 0 spiro atoms. The van der Waals surface area contributed by atoms with E-state index in [1.54, 1.807) is 0 Å². The highest BCUT2D eigenvalue weighted by atomic mass is 35.5. The lowest BCUT2D eigenvalue weighted by molar-refractivity contribution is -0.297. The molecule has 0 aliphatic heterocycles. The number of hydrogen-bond acceptors (Lipinski definition) is 2. The highest BCUT2D eigenvalue weighted by Gasteiger charge is 2.60. The second kappa shape index (κ2) is 3.40. The minimum atomic E-state index is -4.49. The van der Waals surface area contributed by atoms with Gasteiger partial charge < -0.3 is 10.8 Å². The van der Waals surface area contributed by atoms with Gasteiger partial charge in [-0.1, -0.05) is 0 Å². The molecule has 0 aromatic rings. The van der Waals surface area contributed by atoms with Gasteiger partial charge in [-0.3, -0.25) is 0 Å². The first kappa shape index (κ1) is 12.0. The van der Waals surface area contributed by atoms with Crippen molar-refractivity contribution in [2.75, 3.05) is 6.54 Å². The van der Waals surface area contributed by atoms with Gasteiger partial charge in [0.05, 0.1) is 0 Å². The zero-order chi connectivity index (χ0) is 8.70. The van der Waals surface area contributed by atoms with E-state index in [0.29, 0.717) is 0 Å². The third kappa shape index (κ3) is 1.84. The van der Waals surface area contributed by atoms with Crippen molar-refractivity contribution in [1.82, 2.24) is 0 Å². The van der Waals surface area contributed by atoms with E-state index < -0.39 is 11.8 Å². The molecule has 6 heteroatoms. The second-order valence-electron chi connectivity index (χ2n) is 3.04. The van der Waals surface area contributed by atoms with Gasteiger partial charge in [0.2, 0.25) is 0 Å². The second-order valence-corrected chi connectivity index (χ2v) is 3.04. The topological polar surface area (TPSA) is 46.2 Å². The van der Waals surface area contributed by atoms with Crippen molar-refractivity contribution in [2.45, 2.75) is 24.6 Å². The fourth-order valence-corrected chi connectivity index (χ4v) is 1.29. The Hall–Kier alpha value is -0.0000000000000000555. The maximum atomic E-state index is 11.9. The van der Waals surface area contributed by atoms with E-state index in [-0.39, 0.29) is 37.7 Å². The summed E-state index contributed by atoms with van der Waals surface area (Å²) >= 11 is 0. The van der Waals surface area contributed by atoms with E-state index >= 15 is 0 Å². The van der Waals surface area contributed by atoms with Crippen LogP contribution in [0.5, 0.6) is 0 Å². The average Bonchev–Trinajstić information content (AvgIpc) is 1.78. The maximum absolute atomic E-state index is 11.9. The van der Waals surface area contributed by atoms with Crippen molar-refractivity contribution in [2.24, 2.45) is 11.7 Å². The van der Waals surface area contributed by atoms with E-state index in [4.69, 9.17) is 10.8 Å². The predicted octanol–water partition coefficient (Wildman–Crippen LogP) is 1.07. The Morgan fingerprint density at radius 1 is 1.42 bits per heavy atom. The van der Waals surface area contributed by atoms with Gasteiger partial charge in [0.1, 0.15) is 0 Å². The molecule has 1 aliphatic rings. The van der Waals surface area contributed by atoms with Crippen LogP contribution in [-0.4, -0.2) is 23.4 Å². The van der Waals surface area contributed by atoms with Gasteiger partial charge >= 0.3 is 6.18 Å². The van der Waals surface area contributed by atoms with Crippen LogP contribution in [-0.2, 0) is 0 Å². The molecule has 3 N–H and O–H groups in total. The van der Waals surface area contributed by atoms with Crippen LogP contribution in [0.15, 0.2) is 0 Å². The fourth-order valence-electron chi connectivity index (χ4n) is 1.29. The zero-order valence-corrected chi connectivity index (χ0v) is 7.08. The normalized spacial score (nSPS) is 35.2. The SMILES string of the molecule is Cl.NCC1CC(O)(C(F)(F)F)C1. The first-order valence-corrected chi connectivity index (χ1v) is 3.38. The van der Waals surface area contributed by atoms with Crippen molar-refractivity contribution < 1.29 is 18.3 Å². The summed E-state index contributed by atoms with van der Waals surface area (Å²) < 4.78 is 35.7. The van der Waals surface area contributed by atoms with E-state index in [1.807, 2.05) is 0 Å². The van der Waals surface area contributed by atoms with Crippen molar-refractivity contribution >= 4 is 12.4 Å². The molecule has 1 fully saturated rings. The molecule has 74 valence electrons. The average molecular weight is 206 g/mol. The molecule has 0 heterocycles. The fraction of sp³-hybridized carbons (Fsp3) is 1.00. The highest BCUT2D eigenvalue weighted by Crippen LogP contribution is 2.47. The first-order valence-electron chi connectivity index (χ1n) is 3.38. The standard InChI is InChI=1S/C6H10F3NO.ClH/c7-6(8,9)5(11)1-4(2-5)3-10;/h4,11H,1-3,10H2;1H. The van der Waals surface area contributed by atoms with E-state index in [0.717, 1.165) is 0 Å². The molecule has 0 atom stereocenters. The third-order valence-corrected chi connectivity index (χ3v) is 2.11. The number of hydrogen-bond donors (Lipinski definition) is 2. The molecule has 12 heavy (non-hydrogen) atoms. The van der Waals surface area contributed by atoms with Gasteiger partial charge in [-0.05, 0) is 25.3 Å². The number of aliphatic hydroxyl groups is 1. The van der Waals surface area contributed by atoms with Crippen LogP contribution in [0.3, 0.4) is 0 Å². The Bertz CT molecular complexity index is 155. The Morgan fingerprint density at radius 3 is 2.08 bits per heavy atom. The number of nitrogens with two attached hydrogens (primary N) is 1. The number of rotatable bonds is 1. The van der Waals surface area contributed by atoms with Gasteiger partial charge in [0.25, 0.3) is 0 Å². The zero-order valence-electron chi connectivity index (χ0n) is 6.27. The predicted molar refractivity (Wildman–Crippen MR) is 40.0 cm³/mol. The monoisotopic (exact) mass is 205 g/mol. The Kier molecular flexibility index (Phi) is 3.40. The summed E-state index contributed by atoms with van der Waals surface area (Å²) in [5, 5.41) is 8.87. The lowest BCUT2D eigenvalue weighted by Crippen LogP contribution is -2.56. The van der Waals surface area contributed by atoms with Gasteiger partial charge in [-0.15, -0.1) is 12.4 Å². The summed E-state index contributed by atoms with van der Waals surface area (Å²) in [6.45, 7) is 0.221. The minimum absolute atomic E-state index is 0. The largest absolute Gasteiger partial charge is 0.417 e. The smallest absolute Gasteiger partial charge is 0.380 e. The van der Waals surface area contributed by atoms with E-state index in [1.165, 1.54) is 0 Å². The van der Waals surface area contributed by atoms with Gasteiger partial charge in [-0.2, -0.15) is 13.2 Å². The lowest BCUT2D eigenvalue weighted by Gasteiger charge is -2.43. The van der Waals surface area contributed by atoms with Crippen LogP contribution in [0, 0.1) is 5.92 Å². The molecule has 0 aromatic heterocycles. The molecule has 1 rings (SSSR count). The van der Waals surface area contributed by atoms with Crippen molar-refractivity contribution in [3.63, 3.8) is 0 Å². The van der Waals surface area contributed by atoms with Crippen LogP contribution < -0.4 is 5.73 Å². The molecular formula is C6H11ClF3NO. The van der Waals surface area contributed by atoms with E-state index in [9.17, 15) is 13.2 Å². The third-order valence-electron chi connectivity index (χ3n) is 2.11. The summed E-state index contributed by atoms with van der Waals surface area (Å²) in [5.74, 6) is -0.165. The molecule has 1 aliphatic carbocycles. The van der Waals surface area contributed by atoms with Crippen molar-refractivity contribution in [3.05, 3.63) is 0 Å². The summed E-state index contributed by atoms with van der Waals surface area (Å²) in [4.78, 5) is 0. The van der Waals surface area contributed by atoms with Crippen LogP contribution >= 0.6 is 12.4 Å². The van der Waals surface area contributed by atoms with Crippen LogP contribution in [0.25, 0.3) is 0 Å². The molecule has 0 radical (unpaired) electrons. The molecule has 0 unspecified atom stereocenters. The highest BCUT2D eigenvalue weighted by molar-refractivity contribution is 5.85. The summed E-state index contributed by atoms with van der Waals surface area (Å²) in [7, 11) is 0. The molecule has 1 saturated carbocycles. The Balaban J connectivity index is 0.00000121. The molecular weight excluding hydrogens is 195 g/mol. The van der Waals surface area contributed by atoms with Crippen LogP contribution in [0.1, 0.15) is 12.8 Å². The molecule has 2 nitrogen and oxygen atoms in total. The van der Waals surface area contributed by atoms with E-state index in [2.05, 4.69) is 0 Å². The molecule has 0 amide bonds. The van der Waals surface area contributed by atoms with Gasteiger partial charge in [0, 0.05) is 0 Å². The van der Waals surface area contributed by atoms with Crippen molar-refractivity contribution in [1.29, 1.82) is 0 Å². The maximum Gasteiger partial charge on any atom is 0.417 e. The van der Waals surface area contributed by atoms with Gasteiger partial charge in [-0.25, -0.2) is 0 Å². The van der Waals surface area contributed by atoms with Gasteiger partial charge in [0.15, 0.2) is 5.60 Å². The molecule has 0 bridgehead atoms. The summed E-state index contributed by atoms with van der Waals surface area (Å²) in [6.07, 6.45) is -4.97. The van der Waals surface area contributed by atoms with Crippen LogP contribution in [0.2, 0.25) is 0 Å². The lowest BCUT2D eigenvalue weighted by atomic mass is 9.70. The Morgan fingerprint density at radius 2 is 1.83 bits per heavy atom. The number of alkyl halides is 3. The summed E-state index contributed by atoms with van der Waals surface area (Å²) in [5.41, 5.74) is 2.67.